The Bertz CT molecular complexity index is 641. The molecular formula is C24H36O3. The Labute approximate surface area is 164 Å². The molecule has 2 rings (SSSR count). The van der Waals surface area contributed by atoms with Crippen molar-refractivity contribution in [1.29, 1.82) is 0 Å². The zero-order valence-corrected chi connectivity index (χ0v) is 17.4. The molecule has 3 heteroatoms. The molecule has 1 N–H and O–H groups in total. The average Bonchev–Trinajstić information content (AvgIpc) is 3.40. The molecule has 0 bridgehead atoms. The van der Waals surface area contributed by atoms with Gasteiger partial charge in [-0.15, -0.1) is 0 Å². The van der Waals surface area contributed by atoms with E-state index in [-0.39, 0.29) is 16.6 Å². The summed E-state index contributed by atoms with van der Waals surface area (Å²) in [5.41, 5.74) is 2.30. The number of hydrogen-bond donors (Lipinski definition) is 1. The summed E-state index contributed by atoms with van der Waals surface area (Å²) >= 11 is 0. The first-order valence-electron chi connectivity index (χ1n) is 10.6. The molecule has 0 aliphatic heterocycles. The summed E-state index contributed by atoms with van der Waals surface area (Å²) < 4.78 is 0. The van der Waals surface area contributed by atoms with Gasteiger partial charge in [-0.1, -0.05) is 57.4 Å². The van der Waals surface area contributed by atoms with Crippen molar-refractivity contribution < 1.29 is 14.7 Å². The molecule has 0 saturated heterocycles. The maximum absolute atomic E-state index is 11.6. The lowest BCUT2D eigenvalue weighted by atomic mass is 9.83. The van der Waals surface area contributed by atoms with Crippen LogP contribution in [0.15, 0.2) is 24.3 Å². The third-order valence-corrected chi connectivity index (χ3v) is 6.48. The number of carboxylic acids is 1. The number of carboxylic acid groups (broad SMARTS) is 1. The highest BCUT2D eigenvalue weighted by molar-refractivity contribution is 5.81. The van der Waals surface area contributed by atoms with Crippen LogP contribution in [0.2, 0.25) is 0 Å². The molecule has 1 aromatic carbocycles. The van der Waals surface area contributed by atoms with E-state index in [0.29, 0.717) is 0 Å². The molecule has 0 spiro atoms. The van der Waals surface area contributed by atoms with Crippen molar-refractivity contribution in [3.8, 4) is 0 Å². The third kappa shape index (κ3) is 6.48. The van der Waals surface area contributed by atoms with Gasteiger partial charge < -0.3 is 5.11 Å². The average molecular weight is 373 g/mol. The van der Waals surface area contributed by atoms with Gasteiger partial charge in [-0.25, -0.2) is 0 Å². The number of hydrogen-bond acceptors (Lipinski definition) is 2. The van der Waals surface area contributed by atoms with E-state index in [1.165, 1.54) is 11.1 Å². The van der Waals surface area contributed by atoms with E-state index in [0.717, 1.165) is 70.6 Å². The van der Waals surface area contributed by atoms with Crippen LogP contribution < -0.4 is 0 Å². The summed E-state index contributed by atoms with van der Waals surface area (Å²) in [6.45, 7) is 5.77. The Kier molecular flexibility index (Phi) is 7.64. The quantitative estimate of drug-likeness (QED) is 0.433. The SMILES string of the molecule is CC(=O)C(C)(C)CCCCc1ccccc1CCCCCC1(C(=O)O)CC1. The predicted octanol–water partition coefficient (Wildman–Crippen LogP) is 5.98. The van der Waals surface area contributed by atoms with Crippen LogP contribution in [0.3, 0.4) is 0 Å². The van der Waals surface area contributed by atoms with Gasteiger partial charge in [-0.3, -0.25) is 9.59 Å². The number of Topliss-reactive ketones (excluding diaryl/α,β-unsaturated/α-hetero) is 1. The lowest BCUT2D eigenvalue weighted by molar-refractivity contribution is -0.143. The second-order valence-electron chi connectivity index (χ2n) is 9.06. The van der Waals surface area contributed by atoms with Crippen molar-refractivity contribution in [2.45, 2.75) is 91.4 Å². The van der Waals surface area contributed by atoms with Crippen molar-refractivity contribution >= 4 is 11.8 Å². The topological polar surface area (TPSA) is 54.4 Å². The molecule has 0 unspecified atom stereocenters. The molecule has 27 heavy (non-hydrogen) atoms. The number of benzene rings is 1. The molecule has 0 heterocycles. The Morgan fingerprint density at radius 1 is 0.963 bits per heavy atom. The van der Waals surface area contributed by atoms with Crippen LogP contribution in [0.5, 0.6) is 0 Å². The summed E-state index contributed by atoms with van der Waals surface area (Å²) in [5.74, 6) is -0.320. The minimum Gasteiger partial charge on any atom is -0.481 e. The standard InChI is InChI=1S/C24H36O3/c1-19(25)23(2,3)15-10-8-14-21-13-7-6-12-20(21)11-5-4-9-16-24(17-18-24)22(26)27/h6-7,12-13H,4-5,8-11,14-18H2,1-3H3,(H,26,27). The van der Waals surface area contributed by atoms with Crippen molar-refractivity contribution in [2.75, 3.05) is 0 Å². The fourth-order valence-corrected chi connectivity index (χ4v) is 3.78. The Hall–Kier alpha value is -1.64. The van der Waals surface area contributed by atoms with Crippen LogP contribution in [-0.2, 0) is 22.4 Å². The largest absolute Gasteiger partial charge is 0.481 e. The Morgan fingerprint density at radius 3 is 2.00 bits per heavy atom. The molecule has 1 aliphatic rings. The van der Waals surface area contributed by atoms with E-state index in [2.05, 4.69) is 24.3 Å². The zero-order chi connectivity index (χ0) is 19.9. The minimum atomic E-state index is -0.596. The zero-order valence-electron chi connectivity index (χ0n) is 17.4. The summed E-state index contributed by atoms with van der Waals surface area (Å²) in [7, 11) is 0. The summed E-state index contributed by atoms with van der Waals surface area (Å²) in [5, 5.41) is 9.24. The molecular weight excluding hydrogens is 336 g/mol. The maximum Gasteiger partial charge on any atom is 0.309 e. The molecule has 3 nitrogen and oxygen atoms in total. The lowest BCUT2D eigenvalue weighted by Gasteiger charge is -2.20. The summed E-state index contributed by atoms with van der Waals surface area (Å²) in [4.78, 5) is 22.8. The van der Waals surface area contributed by atoms with Crippen LogP contribution in [0.1, 0.15) is 89.7 Å². The molecule has 0 atom stereocenters. The van der Waals surface area contributed by atoms with E-state index in [1.54, 1.807) is 6.92 Å². The van der Waals surface area contributed by atoms with Gasteiger partial charge in [0, 0.05) is 5.41 Å². The Morgan fingerprint density at radius 2 is 1.52 bits per heavy atom. The second-order valence-corrected chi connectivity index (χ2v) is 9.06. The molecule has 1 saturated carbocycles. The van der Waals surface area contributed by atoms with Gasteiger partial charge in [0.15, 0.2) is 0 Å². The molecule has 0 aromatic heterocycles. The monoisotopic (exact) mass is 372 g/mol. The molecule has 1 aliphatic carbocycles. The summed E-state index contributed by atoms with van der Waals surface area (Å²) in [6, 6.07) is 8.69. The van der Waals surface area contributed by atoms with Crippen LogP contribution in [0.25, 0.3) is 0 Å². The first-order chi connectivity index (χ1) is 12.8. The normalized spacial score (nSPS) is 15.5. The van der Waals surface area contributed by atoms with E-state index in [4.69, 9.17) is 0 Å². The highest BCUT2D eigenvalue weighted by atomic mass is 16.4. The number of aryl methyl sites for hydroxylation is 2. The smallest absolute Gasteiger partial charge is 0.309 e. The first kappa shape index (κ1) is 21.7. The van der Waals surface area contributed by atoms with Crippen molar-refractivity contribution in [1.82, 2.24) is 0 Å². The van der Waals surface area contributed by atoms with Gasteiger partial charge in [0.25, 0.3) is 0 Å². The van der Waals surface area contributed by atoms with E-state index in [9.17, 15) is 14.7 Å². The molecule has 0 radical (unpaired) electrons. The van der Waals surface area contributed by atoms with Crippen molar-refractivity contribution in [3.63, 3.8) is 0 Å². The molecule has 1 aromatic rings. The number of carbonyl (C=O) groups excluding carboxylic acids is 1. The minimum absolute atomic E-state index is 0.200. The van der Waals surface area contributed by atoms with Crippen LogP contribution in [-0.4, -0.2) is 16.9 Å². The maximum atomic E-state index is 11.6. The molecule has 150 valence electrons. The van der Waals surface area contributed by atoms with Gasteiger partial charge in [-0.2, -0.15) is 0 Å². The highest BCUT2D eigenvalue weighted by Crippen LogP contribution is 2.50. The van der Waals surface area contributed by atoms with E-state index in [1.807, 2.05) is 13.8 Å². The number of ketones is 1. The predicted molar refractivity (Wildman–Crippen MR) is 110 cm³/mol. The molecule has 1 fully saturated rings. The van der Waals surface area contributed by atoms with Crippen LogP contribution in [0, 0.1) is 10.8 Å². The Balaban J connectivity index is 1.70. The second kappa shape index (κ2) is 9.52. The number of carbonyl (C=O) groups is 2. The number of rotatable bonds is 13. The third-order valence-electron chi connectivity index (χ3n) is 6.48. The first-order valence-corrected chi connectivity index (χ1v) is 10.6. The van der Waals surface area contributed by atoms with Crippen molar-refractivity contribution in [2.24, 2.45) is 10.8 Å². The van der Waals surface area contributed by atoms with E-state index < -0.39 is 5.97 Å². The van der Waals surface area contributed by atoms with Crippen molar-refractivity contribution in [3.05, 3.63) is 35.4 Å². The summed E-state index contributed by atoms with van der Waals surface area (Å²) in [6.07, 6.45) is 11.1. The fourth-order valence-electron chi connectivity index (χ4n) is 3.78. The van der Waals surface area contributed by atoms with Gasteiger partial charge in [0.05, 0.1) is 5.41 Å². The number of unbranched alkanes of at least 4 members (excludes halogenated alkanes) is 3. The van der Waals surface area contributed by atoms with Gasteiger partial charge >= 0.3 is 5.97 Å². The van der Waals surface area contributed by atoms with Crippen LogP contribution in [0.4, 0.5) is 0 Å². The van der Waals surface area contributed by atoms with Gasteiger partial charge in [0.1, 0.15) is 5.78 Å². The van der Waals surface area contributed by atoms with Gasteiger partial charge in [-0.05, 0) is 69.4 Å². The molecule has 0 amide bonds. The van der Waals surface area contributed by atoms with Crippen LogP contribution >= 0.6 is 0 Å². The fraction of sp³-hybridized carbons (Fsp3) is 0.667. The highest BCUT2D eigenvalue weighted by Gasteiger charge is 2.49. The lowest BCUT2D eigenvalue weighted by Crippen LogP contribution is -2.21. The van der Waals surface area contributed by atoms with E-state index >= 15 is 0 Å². The number of aliphatic carboxylic acids is 1. The van der Waals surface area contributed by atoms with Gasteiger partial charge in [0.2, 0.25) is 0 Å².